The van der Waals surface area contributed by atoms with Crippen LogP contribution in [0, 0.1) is 0 Å². The number of rotatable bonds is 3. The van der Waals surface area contributed by atoms with Gasteiger partial charge in [-0.2, -0.15) is 31.4 Å². The van der Waals surface area contributed by atoms with Crippen LogP contribution in [0.5, 0.6) is 0 Å². The summed E-state index contributed by atoms with van der Waals surface area (Å²) in [6.07, 6.45) is -6.32. The molecule has 3 rings (SSSR count). The Kier molecular flexibility index (Phi) is 4.79. The molecule has 2 heterocycles. The summed E-state index contributed by atoms with van der Waals surface area (Å²) in [6, 6.07) is 3.41. The zero-order chi connectivity index (χ0) is 20.5. The topological polar surface area (TPSA) is 72.7 Å². The van der Waals surface area contributed by atoms with Crippen molar-refractivity contribution in [2.75, 3.05) is 5.32 Å². The van der Waals surface area contributed by atoms with Crippen LogP contribution in [0.15, 0.2) is 49.2 Å². The van der Waals surface area contributed by atoms with Gasteiger partial charge in [0.25, 0.3) is 5.91 Å². The van der Waals surface area contributed by atoms with Gasteiger partial charge in [0.1, 0.15) is 12.7 Å². The highest BCUT2D eigenvalue weighted by Crippen LogP contribution is 2.36. The first-order chi connectivity index (χ1) is 13.1. The summed E-state index contributed by atoms with van der Waals surface area (Å²) in [7, 11) is 0. The summed E-state index contributed by atoms with van der Waals surface area (Å²) < 4.78 is 78.9. The van der Waals surface area contributed by atoms with Crippen molar-refractivity contribution in [1.29, 1.82) is 0 Å². The molecule has 12 heteroatoms. The minimum Gasteiger partial charge on any atom is -0.319 e. The molecular formula is C16H9F6N5O. The zero-order valence-corrected chi connectivity index (χ0v) is 13.6. The number of amides is 1. The van der Waals surface area contributed by atoms with Crippen molar-refractivity contribution in [2.45, 2.75) is 12.4 Å². The number of anilines is 1. The van der Waals surface area contributed by atoms with Crippen LogP contribution in [0.25, 0.3) is 5.82 Å². The van der Waals surface area contributed by atoms with E-state index in [1.165, 1.54) is 35.7 Å². The number of hydrogen-bond donors (Lipinski definition) is 1. The summed E-state index contributed by atoms with van der Waals surface area (Å²) in [5, 5.41) is 6.06. The molecular weight excluding hydrogens is 392 g/mol. The molecule has 6 nitrogen and oxygen atoms in total. The lowest BCUT2D eigenvalue weighted by atomic mass is 10.0. The van der Waals surface area contributed by atoms with Gasteiger partial charge in [-0.1, -0.05) is 0 Å². The van der Waals surface area contributed by atoms with Gasteiger partial charge in [0, 0.05) is 11.8 Å². The molecule has 1 amide bonds. The van der Waals surface area contributed by atoms with E-state index in [9.17, 15) is 31.1 Å². The van der Waals surface area contributed by atoms with Gasteiger partial charge in [-0.3, -0.25) is 4.79 Å². The quantitative estimate of drug-likeness (QED) is 0.675. The van der Waals surface area contributed by atoms with Gasteiger partial charge in [-0.25, -0.2) is 14.6 Å². The first kappa shape index (κ1) is 19.3. The molecule has 3 aromatic rings. The number of nitrogens with one attached hydrogen (secondary N) is 1. The highest BCUT2D eigenvalue weighted by molar-refractivity contribution is 6.05. The van der Waals surface area contributed by atoms with Crippen molar-refractivity contribution >= 4 is 11.6 Å². The van der Waals surface area contributed by atoms with Crippen LogP contribution in [-0.4, -0.2) is 25.7 Å². The molecule has 0 atom stereocenters. The first-order valence-corrected chi connectivity index (χ1v) is 7.46. The summed E-state index contributed by atoms with van der Waals surface area (Å²) in [5.41, 5.74) is -3.97. The van der Waals surface area contributed by atoms with Crippen LogP contribution < -0.4 is 5.32 Å². The molecule has 0 unspecified atom stereocenters. The van der Waals surface area contributed by atoms with E-state index in [1.54, 1.807) is 0 Å². The molecule has 1 N–H and O–H groups in total. The minimum atomic E-state index is -5.06. The van der Waals surface area contributed by atoms with Crippen molar-refractivity contribution in [2.24, 2.45) is 0 Å². The highest BCUT2D eigenvalue weighted by atomic mass is 19.4. The van der Waals surface area contributed by atoms with E-state index in [2.05, 4.69) is 20.4 Å². The van der Waals surface area contributed by atoms with Crippen LogP contribution in [0.2, 0.25) is 0 Å². The maximum absolute atomic E-state index is 12.9. The van der Waals surface area contributed by atoms with E-state index in [-0.39, 0.29) is 17.6 Å². The van der Waals surface area contributed by atoms with Crippen molar-refractivity contribution in [3.8, 4) is 5.82 Å². The number of benzene rings is 1. The minimum absolute atomic E-state index is 0.0176. The molecule has 0 aliphatic heterocycles. The molecule has 28 heavy (non-hydrogen) atoms. The molecule has 146 valence electrons. The van der Waals surface area contributed by atoms with Crippen LogP contribution in [0.3, 0.4) is 0 Å². The van der Waals surface area contributed by atoms with Crippen LogP contribution in [-0.2, 0) is 12.4 Å². The largest absolute Gasteiger partial charge is 0.416 e. The second-order valence-corrected chi connectivity index (χ2v) is 5.46. The fraction of sp³-hybridized carbons (Fsp3) is 0.125. The van der Waals surface area contributed by atoms with Gasteiger partial charge in [0.05, 0.1) is 16.8 Å². The summed E-state index contributed by atoms with van der Waals surface area (Å²) in [5.74, 6) is -1.10. The van der Waals surface area contributed by atoms with E-state index in [0.29, 0.717) is 12.1 Å². The molecule has 0 bridgehead atoms. The molecule has 2 aromatic heterocycles. The smallest absolute Gasteiger partial charge is 0.319 e. The number of nitrogens with zero attached hydrogens (tertiary/aromatic N) is 4. The van der Waals surface area contributed by atoms with E-state index in [0.717, 1.165) is 0 Å². The molecule has 0 saturated heterocycles. The van der Waals surface area contributed by atoms with Crippen LogP contribution >= 0.6 is 0 Å². The normalized spacial score (nSPS) is 12.1. The Balaban J connectivity index is 2.00. The maximum atomic E-state index is 12.9. The third kappa shape index (κ3) is 4.10. The Hall–Kier alpha value is -3.44. The fourth-order valence-electron chi connectivity index (χ4n) is 2.28. The fourth-order valence-corrected chi connectivity index (χ4v) is 2.28. The van der Waals surface area contributed by atoms with E-state index < -0.39 is 35.0 Å². The summed E-state index contributed by atoms with van der Waals surface area (Å²) >= 11 is 0. The van der Waals surface area contributed by atoms with Crippen molar-refractivity contribution in [1.82, 2.24) is 19.7 Å². The lowest BCUT2D eigenvalue weighted by Gasteiger charge is -2.15. The molecule has 0 radical (unpaired) electrons. The van der Waals surface area contributed by atoms with Crippen LogP contribution in [0.1, 0.15) is 21.5 Å². The van der Waals surface area contributed by atoms with Crippen molar-refractivity contribution in [3.63, 3.8) is 0 Å². The number of hydrogen-bond acceptors (Lipinski definition) is 4. The number of pyridine rings is 1. The number of halogens is 6. The highest BCUT2D eigenvalue weighted by Gasteiger charge is 2.37. The number of aromatic nitrogens is 4. The second-order valence-electron chi connectivity index (χ2n) is 5.46. The Morgan fingerprint density at radius 1 is 1.00 bits per heavy atom. The van der Waals surface area contributed by atoms with Crippen molar-refractivity contribution < 1.29 is 31.1 Å². The third-order valence-electron chi connectivity index (χ3n) is 3.52. The van der Waals surface area contributed by atoms with E-state index in [1.807, 2.05) is 0 Å². The predicted octanol–water partition coefficient (Wildman–Crippen LogP) is 3.95. The number of carbonyl (C=O) groups is 1. The third-order valence-corrected chi connectivity index (χ3v) is 3.52. The van der Waals surface area contributed by atoms with Gasteiger partial charge in [-0.05, 0) is 30.3 Å². The molecule has 0 fully saturated rings. The lowest BCUT2D eigenvalue weighted by molar-refractivity contribution is -0.143. The average molecular weight is 401 g/mol. The molecule has 0 aliphatic carbocycles. The SMILES string of the molecule is O=C(Nc1cccnc1-n1cncn1)c1cc(C(F)(F)F)cc(C(F)(F)F)c1. The van der Waals surface area contributed by atoms with E-state index in [4.69, 9.17) is 0 Å². The van der Waals surface area contributed by atoms with Gasteiger partial charge in [0.15, 0.2) is 5.82 Å². The molecule has 0 saturated carbocycles. The second kappa shape index (κ2) is 6.94. The zero-order valence-electron chi connectivity index (χ0n) is 13.6. The molecule has 0 aliphatic rings. The van der Waals surface area contributed by atoms with Crippen molar-refractivity contribution in [3.05, 3.63) is 65.9 Å². The summed E-state index contributed by atoms with van der Waals surface area (Å²) in [6.45, 7) is 0. The average Bonchev–Trinajstić information content (AvgIpc) is 3.14. The van der Waals surface area contributed by atoms with E-state index >= 15 is 0 Å². The Labute approximate surface area is 152 Å². The predicted molar refractivity (Wildman–Crippen MR) is 83.6 cm³/mol. The van der Waals surface area contributed by atoms with Gasteiger partial charge < -0.3 is 5.32 Å². The van der Waals surface area contributed by atoms with Crippen LogP contribution in [0.4, 0.5) is 32.0 Å². The van der Waals surface area contributed by atoms with Gasteiger partial charge in [-0.15, -0.1) is 0 Å². The molecule has 0 spiro atoms. The van der Waals surface area contributed by atoms with Gasteiger partial charge >= 0.3 is 12.4 Å². The Morgan fingerprint density at radius 3 is 2.18 bits per heavy atom. The monoisotopic (exact) mass is 401 g/mol. The maximum Gasteiger partial charge on any atom is 0.416 e. The molecule has 1 aromatic carbocycles. The standard InChI is InChI=1S/C16H9F6N5O/c17-15(18,19)10-4-9(5-11(6-10)16(20,21)22)14(28)26-12-2-1-3-24-13(12)27-8-23-7-25-27/h1-8H,(H,26,28). The van der Waals surface area contributed by atoms with Gasteiger partial charge in [0.2, 0.25) is 0 Å². The lowest BCUT2D eigenvalue weighted by Crippen LogP contribution is -2.18. The first-order valence-electron chi connectivity index (χ1n) is 7.46. The number of carbonyl (C=O) groups excluding carboxylic acids is 1. The Morgan fingerprint density at radius 2 is 1.64 bits per heavy atom. The number of alkyl halides is 6. The summed E-state index contributed by atoms with van der Waals surface area (Å²) in [4.78, 5) is 20.0. The Bertz CT molecular complexity index is 965.